The number of methoxy groups -OCH3 is 1. The second-order valence-corrected chi connectivity index (χ2v) is 5.19. The summed E-state index contributed by atoms with van der Waals surface area (Å²) in [6.45, 7) is 6.27. The van der Waals surface area contributed by atoms with Crippen LogP contribution < -0.4 is 14.8 Å². The van der Waals surface area contributed by atoms with Gasteiger partial charge in [0.25, 0.3) is 0 Å². The summed E-state index contributed by atoms with van der Waals surface area (Å²) in [6.07, 6.45) is 0.000440. The van der Waals surface area contributed by atoms with Gasteiger partial charge in [0.15, 0.2) is 11.5 Å². The van der Waals surface area contributed by atoms with Crippen molar-refractivity contribution in [3.05, 3.63) is 22.7 Å². The number of hydrogen-bond acceptors (Lipinski definition) is 4. The number of benzene rings is 1. The van der Waals surface area contributed by atoms with Gasteiger partial charge in [-0.25, -0.2) is 0 Å². The van der Waals surface area contributed by atoms with E-state index in [4.69, 9.17) is 25.8 Å². The lowest BCUT2D eigenvalue weighted by molar-refractivity contribution is 0.0250. The van der Waals surface area contributed by atoms with Gasteiger partial charge in [-0.05, 0) is 19.9 Å². The summed E-state index contributed by atoms with van der Waals surface area (Å²) >= 11 is 6.14. The molecule has 1 atom stereocenters. The number of ether oxygens (including phenoxy) is 3. The lowest BCUT2D eigenvalue weighted by Crippen LogP contribution is -2.33. The molecule has 1 fully saturated rings. The molecule has 1 aliphatic heterocycles. The molecule has 0 saturated carbocycles. The van der Waals surface area contributed by atoms with Crippen LogP contribution in [-0.4, -0.2) is 32.9 Å². The van der Waals surface area contributed by atoms with Crippen LogP contribution in [-0.2, 0) is 4.74 Å². The highest BCUT2D eigenvalue weighted by Crippen LogP contribution is 2.40. The van der Waals surface area contributed by atoms with Crippen LogP contribution in [0.4, 0.5) is 0 Å². The average molecular weight is 286 g/mol. The van der Waals surface area contributed by atoms with E-state index in [9.17, 15) is 0 Å². The first-order chi connectivity index (χ1) is 9.11. The zero-order valence-electron chi connectivity index (χ0n) is 11.5. The second kappa shape index (κ2) is 6.46. The second-order valence-electron chi connectivity index (χ2n) is 4.76. The minimum Gasteiger partial charge on any atom is -0.493 e. The highest BCUT2D eigenvalue weighted by molar-refractivity contribution is 6.30. The van der Waals surface area contributed by atoms with Gasteiger partial charge in [-0.1, -0.05) is 11.6 Å². The van der Waals surface area contributed by atoms with Crippen molar-refractivity contribution in [2.45, 2.75) is 26.1 Å². The van der Waals surface area contributed by atoms with Crippen molar-refractivity contribution in [1.29, 1.82) is 0 Å². The normalized spacial score (nSPS) is 19.5. The van der Waals surface area contributed by atoms with Crippen LogP contribution in [0.15, 0.2) is 12.1 Å². The van der Waals surface area contributed by atoms with E-state index in [0.717, 1.165) is 24.4 Å². The van der Waals surface area contributed by atoms with E-state index in [2.05, 4.69) is 5.32 Å². The Balaban J connectivity index is 2.40. The molecule has 1 aromatic rings. The zero-order chi connectivity index (χ0) is 13.8. The van der Waals surface area contributed by atoms with Crippen LogP contribution >= 0.6 is 11.6 Å². The lowest BCUT2D eigenvalue weighted by Gasteiger charge is -2.27. The molecule has 0 aliphatic carbocycles. The van der Waals surface area contributed by atoms with Crippen molar-refractivity contribution in [3.8, 4) is 11.5 Å². The molecule has 1 aromatic carbocycles. The Hall–Kier alpha value is -0.970. The van der Waals surface area contributed by atoms with Crippen molar-refractivity contribution in [2.24, 2.45) is 0 Å². The number of rotatable bonds is 4. The minimum atomic E-state index is -0.0601. The maximum Gasteiger partial charge on any atom is 0.167 e. The van der Waals surface area contributed by atoms with Gasteiger partial charge in [0.05, 0.1) is 25.9 Å². The van der Waals surface area contributed by atoms with Crippen LogP contribution in [0.5, 0.6) is 11.5 Å². The summed E-state index contributed by atoms with van der Waals surface area (Å²) in [7, 11) is 1.61. The number of morpholine rings is 1. The maximum absolute atomic E-state index is 6.14. The highest BCUT2D eigenvalue weighted by atomic mass is 35.5. The van der Waals surface area contributed by atoms with Gasteiger partial charge in [-0.3, -0.25) is 0 Å². The third-order valence-corrected chi connectivity index (χ3v) is 3.11. The summed E-state index contributed by atoms with van der Waals surface area (Å²) < 4.78 is 17.0. The van der Waals surface area contributed by atoms with E-state index in [1.807, 2.05) is 19.9 Å². The average Bonchev–Trinajstić information content (AvgIpc) is 2.40. The Bertz CT molecular complexity index is 431. The molecule has 1 unspecified atom stereocenters. The first kappa shape index (κ1) is 14.4. The van der Waals surface area contributed by atoms with E-state index in [1.54, 1.807) is 13.2 Å². The molecule has 0 amide bonds. The van der Waals surface area contributed by atoms with E-state index >= 15 is 0 Å². The Morgan fingerprint density at radius 1 is 1.42 bits per heavy atom. The third kappa shape index (κ3) is 3.53. The summed E-state index contributed by atoms with van der Waals surface area (Å²) in [5.74, 6) is 1.36. The molecule has 0 aromatic heterocycles. The molecule has 1 heterocycles. The number of hydrogen-bond donors (Lipinski definition) is 1. The fourth-order valence-electron chi connectivity index (χ4n) is 2.11. The molecule has 1 aliphatic rings. The smallest absolute Gasteiger partial charge is 0.167 e. The van der Waals surface area contributed by atoms with Crippen molar-refractivity contribution in [3.63, 3.8) is 0 Å². The van der Waals surface area contributed by atoms with Gasteiger partial charge in [-0.2, -0.15) is 0 Å². The molecule has 19 heavy (non-hydrogen) atoms. The van der Waals surface area contributed by atoms with Gasteiger partial charge < -0.3 is 19.5 Å². The largest absolute Gasteiger partial charge is 0.493 e. The summed E-state index contributed by atoms with van der Waals surface area (Å²) in [4.78, 5) is 0. The van der Waals surface area contributed by atoms with Crippen molar-refractivity contribution in [1.82, 2.24) is 5.32 Å². The van der Waals surface area contributed by atoms with E-state index in [-0.39, 0.29) is 12.2 Å². The minimum absolute atomic E-state index is 0.0601. The Labute approximate surface area is 119 Å². The molecule has 0 radical (unpaired) electrons. The molecule has 1 N–H and O–H groups in total. The van der Waals surface area contributed by atoms with E-state index < -0.39 is 0 Å². The fourth-order valence-corrected chi connectivity index (χ4v) is 2.32. The van der Waals surface area contributed by atoms with Crippen molar-refractivity contribution in [2.75, 3.05) is 26.8 Å². The summed E-state index contributed by atoms with van der Waals surface area (Å²) in [6, 6.07) is 3.65. The standard InChI is InChI=1S/C14H20ClNO3/c1-9(2)19-14-11(13-8-16-4-5-18-13)6-10(15)7-12(14)17-3/h6-7,9,13,16H,4-5,8H2,1-3H3. The summed E-state index contributed by atoms with van der Waals surface area (Å²) in [5, 5.41) is 3.93. The molecular formula is C14H20ClNO3. The van der Waals surface area contributed by atoms with Crippen molar-refractivity contribution < 1.29 is 14.2 Å². The number of nitrogens with one attached hydrogen (secondary N) is 1. The Morgan fingerprint density at radius 3 is 2.79 bits per heavy atom. The molecule has 5 heteroatoms. The highest BCUT2D eigenvalue weighted by Gasteiger charge is 2.24. The van der Waals surface area contributed by atoms with Gasteiger partial charge in [0.1, 0.15) is 0 Å². The first-order valence-electron chi connectivity index (χ1n) is 6.48. The van der Waals surface area contributed by atoms with Crippen LogP contribution in [0.2, 0.25) is 5.02 Å². The molecule has 0 spiro atoms. The topological polar surface area (TPSA) is 39.7 Å². The summed E-state index contributed by atoms with van der Waals surface area (Å²) in [5.41, 5.74) is 0.935. The van der Waals surface area contributed by atoms with Gasteiger partial charge in [0.2, 0.25) is 0 Å². The van der Waals surface area contributed by atoms with Crippen LogP contribution in [0.1, 0.15) is 25.5 Å². The van der Waals surface area contributed by atoms with Crippen LogP contribution in [0.3, 0.4) is 0 Å². The predicted molar refractivity (Wildman–Crippen MR) is 75.3 cm³/mol. The number of halogens is 1. The van der Waals surface area contributed by atoms with Crippen molar-refractivity contribution >= 4 is 11.6 Å². The van der Waals surface area contributed by atoms with E-state index in [0.29, 0.717) is 17.4 Å². The van der Waals surface area contributed by atoms with E-state index in [1.165, 1.54) is 0 Å². The monoisotopic (exact) mass is 285 g/mol. The predicted octanol–water partition coefficient (Wildman–Crippen LogP) is 2.80. The molecule has 1 saturated heterocycles. The zero-order valence-corrected chi connectivity index (χ0v) is 12.3. The molecule has 2 rings (SSSR count). The van der Waals surface area contributed by atoms with Gasteiger partial charge >= 0.3 is 0 Å². The molecular weight excluding hydrogens is 266 g/mol. The van der Waals surface area contributed by atoms with Gasteiger partial charge in [-0.15, -0.1) is 0 Å². The molecule has 4 nitrogen and oxygen atoms in total. The van der Waals surface area contributed by atoms with Gasteiger partial charge in [0, 0.05) is 29.7 Å². The quantitative estimate of drug-likeness (QED) is 0.923. The Kier molecular flexibility index (Phi) is 4.91. The van der Waals surface area contributed by atoms with Crippen LogP contribution in [0.25, 0.3) is 0 Å². The first-order valence-corrected chi connectivity index (χ1v) is 6.86. The SMILES string of the molecule is COc1cc(Cl)cc(C2CNCCO2)c1OC(C)C. The molecule has 106 valence electrons. The molecule has 0 bridgehead atoms. The third-order valence-electron chi connectivity index (χ3n) is 2.90. The van der Waals surface area contributed by atoms with Crippen LogP contribution in [0, 0.1) is 0 Å². The Morgan fingerprint density at radius 2 is 2.21 bits per heavy atom. The fraction of sp³-hybridized carbons (Fsp3) is 0.571. The maximum atomic E-state index is 6.14. The lowest BCUT2D eigenvalue weighted by atomic mass is 10.1.